The number of rotatable bonds is 3. The summed E-state index contributed by atoms with van der Waals surface area (Å²) in [5.41, 5.74) is 5.14. The molecule has 1 nitrogen and oxygen atoms in total. The van der Waals surface area contributed by atoms with Gasteiger partial charge in [-0.25, -0.2) is 0 Å². The second-order valence-electron chi connectivity index (χ2n) is 4.83. The van der Waals surface area contributed by atoms with Crippen LogP contribution < -0.4 is 4.57 Å². The zero-order chi connectivity index (χ0) is 13.9. The van der Waals surface area contributed by atoms with E-state index in [0.717, 1.165) is 6.54 Å². The molecule has 0 aliphatic heterocycles. The van der Waals surface area contributed by atoms with Crippen molar-refractivity contribution in [3.05, 3.63) is 65.0 Å². The van der Waals surface area contributed by atoms with Crippen molar-refractivity contribution in [2.75, 3.05) is 0 Å². The van der Waals surface area contributed by atoms with Crippen molar-refractivity contribution >= 4 is 11.3 Å². The van der Waals surface area contributed by atoms with Gasteiger partial charge in [-0.2, -0.15) is 4.57 Å². The maximum atomic E-state index is 2.36. The van der Waals surface area contributed by atoms with E-state index in [1.807, 2.05) is 11.3 Å². The van der Waals surface area contributed by atoms with E-state index in [1.165, 1.54) is 27.4 Å². The third-order valence-electron chi connectivity index (χ3n) is 3.62. The largest absolute Gasteiger partial charge is 0.234 e. The molecular formula is C18H18NS+. The number of aryl methyl sites for hydroxylation is 1. The van der Waals surface area contributed by atoms with E-state index in [9.17, 15) is 0 Å². The van der Waals surface area contributed by atoms with E-state index in [-0.39, 0.29) is 0 Å². The fourth-order valence-corrected chi connectivity index (χ4v) is 3.42. The van der Waals surface area contributed by atoms with Crippen LogP contribution in [0.5, 0.6) is 0 Å². The summed E-state index contributed by atoms with van der Waals surface area (Å²) in [5, 5.41) is 3.60. The lowest BCUT2D eigenvalue weighted by Crippen LogP contribution is -2.35. The Bertz CT molecular complexity index is 696. The summed E-state index contributed by atoms with van der Waals surface area (Å²) in [6.45, 7) is 5.39. The van der Waals surface area contributed by atoms with E-state index in [1.54, 1.807) is 0 Å². The van der Waals surface area contributed by atoms with Crippen molar-refractivity contribution in [1.29, 1.82) is 0 Å². The lowest BCUT2D eigenvalue weighted by Gasteiger charge is -2.03. The molecule has 100 valence electrons. The predicted molar refractivity (Wildman–Crippen MR) is 85.8 cm³/mol. The molecule has 20 heavy (non-hydrogen) atoms. The minimum Gasteiger partial charge on any atom is -0.186 e. The Morgan fingerprint density at radius 1 is 0.850 bits per heavy atom. The molecule has 3 rings (SSSR count). The summed E-state index contributed by atoms with van der Waals surface area (Å²) < 4.78 is 2.36. The number of nitrogens with zero attached hydrogens (tertiary/aromatic N) is 1. The van der Waals surface area contributed by atoms with Crippen LogP contribution in [0.15, 0.2) is 60.0 Å². The number of benzene rings is 2. The third kappa shape index (κ3) is 2.39. The maximum absolute atomic E-state index is 2.36. The number of hydrogen-bond donors (Lipinski definition) is 0. The Balaban J connectivity index is 1.97. The molecule has 3 aromatic rings. The minimum atomic E-state index is 1.02. The van der Waals surface area contributed by atoms with E-state index in [2.05, 4.69) is 78.4 Å². The Morgan fingerprint density at radius 2 is 1.45 bits per heavy atom. The van der Waals surface area contributed by atoms with Crippen molar-refractivity contribution in [2.45, 2.75) is 20.4 Å². The highest BCUT2D eigenvalue weighted by molar-refractivity contribution is 7.09. The molecule has 0 saturated carbocycles. The van der Waals surface area contributed by atoms with Crippen LogP contribution in [0.3, 0.4) is 0 Å². The molecule has 0 spiro atoms. The standard InChI is InChI=1S/C18H18NS/c1-3-19-14(2)20-13-18(19)17-11-9-16(10-12-17)15-7-5-4-6-8-15/h4-13H,3H2,1-2H3/q+1. The van der Waals surface area contributed by atoms with Gasteiger partial charge in [0.1, 0.15) is 6.54 Å². The zero-order valence-electron chi connectivity index (χ0n) is 11.8. The third-order valence-corrected chi connectivity index (χ3v) is 4.52. The molecule has 0 saturated heterocycles. The van der Waals surface area contributed by atoms with Gasteiger partial charge in [-0.15, -0.1) is 0 Å². The second-order valence-corrected chi connectivity index (χ2v) is 5.89. The fraction of sp³-hybridized carbons (Fsp3) is 0.167. The molecular weight excluding hydrogens is 262 g/mol. The van der Waals surface area contributed by atoms with Gasteiger partial charge in [0.15, 0.2) is 0 Å². The summed E-state index contributed by atoms with van der Waals surface area (Å²) in [6.07, 6.45) is 0. The van der Waals surface area contributed by atoms with Gasteiger partial charge in [0.25, 0.3) is 0 Å². The lowest BCUT2D eigenvalue weighted by molar-refractivity contribution is -0.683. The Labute approximate surface area is 124 Å². The van der Waals surface area contributed by atoms with Gasteiger partial charge in [-0.05, 0) is 30.2 Å². The molecule has 0 atom stereocenters. The van der Waals surface area contributed by atoms with Crippen molar-refractivity contribution in [2.24, 2.45) is 0 Å². The van der Waals surface area contributed by atoms with Crippen LogP contribution in [0.4, 0.5) is 0 Å². The molecule has 0 N–H and O–H groups in total. The van der Waals surface area contributed by atoms with Crippen LogP contribution >= 0.6 is 11.3 Å². The first-order valence-electron chi connectivity index (χ1n) is 6.93. The Morgan fingerprint density at radius 3 is 2.10 bits per heavy atom. The van der Waals surface area contributed by atoms with Crippen LogP contribution in [0.1, 0.15) is 11.9 Å². The van der Waals surface area contributed by atoms with Gasteiger partial charge < -0.3 is 0 Å². The first kappa shape index (κ1) is 13.1. The number of thiazole rings is 1. The van der Waals surface area contributed by atoms with E-state index in [0.29, 0.717) is 0 Å². The van der Waals surface area contributed by atoms with Crippen molar-refractivity contribution in [3.8, 4) is 22.4 Å². The van der Waals surface area contributed by atoms with Crippen molar-refractivity contribution in [1.82, 2.24) is 0 Å². The van der Waals surface area contributed by atoms with Crippen molar-refractivity contribution < 1.29 is 4.57 Å². The Kier molecular flexibility index (Phi) is 3.66. The highest BCUT2D eigenvalue weighted by Crippen LogP contribution is 2.24. The normalized spacial score (nSPS) is 10.7. The smallest absolute Gasteiger partial charge is 0.186 e. The van der Waals surface area contributed by atoms with Gasteiger partial charge in [-0.1, -0.05) is 53.8 Å². The molecule has 2 aromatic carbocycles. The minimum absolute atomic E-state index is 1.02. The molecule has 1 heterocycles. The van der Waals surface area contributed by atoms with Gasteiger partial charge >= 0.3 is 0 Å². The van der Waals surface area contributed by atoms with Gasteiger partial charge in [-0.3, -0.25) is 0 Å². The SMILES string of the molecule is CC[n+]1c(-c2ccc(-c3ccccc3)cc2)csc1C. The van der Waals surface area contributed by atoms with Crippen LogP contribution in [0.2, 0.25) is 0 Å². The van der Waals surface area contributed by atoms with Crippen LogP contribution in [-0.2, 0) is 6.54 Å². The van der Waals surface area contributed by atoms with Crippen LogP contribution in [-0.4, -0.2) is 0 Å². The first-order valence-corrected chi connectivity index (χ1v) is 7.81. The highest BCUT2D eigenvalue weighted by atomic mass is 32.1. The summed E-state index contributed by atoms with van der Waals surface area (Å²) >= 11 is 1.81. The average Bonchev–Trinajstić information content (AvgIpc) is 2.89. The molecule has 0 unspecified atom stereocenters. The van der Waals surface area contributed by atoms with Gasteiger partial charge in [0.05, 0.1) is 5.38 Å². The Hall–Kier alpha value is -1.93. The first-order chi connectivity index (χ1) is 9.79. The fourth-order valence-electron chi connectivity index (χ4n) is 2.52. The highest BCUT2D eigenvalue weighted by Gasteiger charge is 2.16. The van der Waals surface area contributed by atoms with Crippen LogP contribution in [0.25, 0.3) is 22.4 Å². The van der Waals surface area contributed by atoms with Gasteiger partial charge in [0.2, 0.25) is 10.7 Å². The summed E-state index contributed by atoms with van der Waals surface area (Å²) in [4.78, 5) is 0. The number of aromatic nitrogens is 1. The maximum Gasteiger partial charge on any atom is 0.234 e. The molecule has 0 radical (unpaired) electrons. The van der Waals surface area contributed by atoms with E-state index < -0.39 is 0 Å². The second kappa shape index (κ2) is 5.59. The van der Waals surface area contributed by atoms with Gasteiger partial charge in [0, 0.05) is 12.5 Å². The monoisotopic (exact) mass is 280 g/mol. The van der Waals surface area contributed by atoms with Crippen molar-refractivity contribution in [3.63, 3.8) is 0 Å². The van der Waals surface area contributed by atoms with Crippen LogP contribution in [0, 0.1) is 6.92 Å². The van der Waals surface area contributed by atoms with E-state index in [4.69, 9.17) is 0 Å². The molecule has 0 aliphatic carbocycles. The quantitative estimate of drug-likeness (QED) is 0.612. The summed E-state index contributed by atoms with van der Waals surface area (Å²) in [6, 6.07) is 19.4. The predicted octanol–water partition coefficient (Wildman–Crippen LogP) is 4.70. The molecule has 0 bridgehead atoms. The molecule has 1 aromatic heterocycles. The molecule has 0 aliphatic rings. The molecule has 0 amide bonds. The zero-order valence-corrected chi connectivity index (χ0v) is 12.7. The topological polar surface area (TPSA) is 3.88 Å². The molecule has 2 heteroatoms. The summed E-state index contributed by atoms with van der Waals surface area (Å²) in [5.74, 6) is 0. The average molecular weight is 280 g/mol. The molecule has 0 fully saturated rings. The number of hydrogen-bond acceptors (Lipinski definition) is 1. The summed E-state index contributed by atoms with van der Waals surface area (Å²) in [7, 11) is 0. The lowest BCUT2D eigenvalue weighted by atomic mass is 10.0. The van der Waals surface area contributed by atoms with E-state index >= 15 is 0 Å².